The first-order chi connectivity index (χ1) is 3.18. The number of carboxylic acids is 1. The summed E-state index contributed by atoms with van der Waals surface area (Å²) < 4.78 is 0. The molecule has 52 valence electrons. The van der Waals surface area contributed by atoms with Gasteiger partial charge in [-0.2, -0.15) is 9.90 Å². The second-order valence-corrected chi connectivity index (χ2v) is 1.04. The van der Waals surface area contributed by atoms with E-state index in [4.69, 9.17) is 15.3 Å². The summed E-state index contributed by atoms with van der Waals surface area (Å²) in [7, 11) is 0. The maximum absolute atomic E-state index is 9.52. The molecule has 2 atom stereocenters. The van der Waals surface area contributed by atoms with E-state index in [-0.39, 0.29) is 47.6 Å². The van der Waals surface area contributed by atoms with Crippen LogP contribution in [0.25, 0.3) is 0 Å². The largest absolute Gasteiger partial charge is 0.479 e. The van der Waals surface area contributed by atoms with Gasteiger partial charge in [0.05, 0.1) is 6.61 Å². The fourth-order valence-electron chi connectivity index (χ4n) is 0.0781. The summed E-state index contributed by atoms with van der Waals surface area (Å²) in [6.07, 6.45) is -1.63. The van der Waals surface area contributed by atoms with Crippen molar-refractivity contribution >= 4 is 53.6 Å². The molecular weight excluding hydrogens is 171 g/mol. The average molecular weight is 180 g/mol. The Hall–Kier alpha value is 1.08. The predicted octanol–water partition coefficient (Wildman–Crippen LogP) is -1.90. The van der Waals surface area contributed by atoms with Crippen LogP contribution in [0.15, 0.2) is 0 Å². The molecule has 0 aliphatic heterocycles. The van der Waals surface area contributed by atoms with Crippen LogP contribution in [-0.4, -0.2) is 71.7 Å². The normalized spacial score (nSPS) is 10.4. The van der Waals surface area contributed by atoms with Crippen LogP contribution in [0, 0.1) is 0 Å². The molecule has 0 fully saturated rings. The second-order valence-electron chi connectivity index (χ2n) is 1.04. The molecule has 0 bridgehead atoms. The van der Waals surface area contributed by atoms with Crippen molar-refractivity contribution in [1.29, 1.82) is 0 Å². The van der Waals surface area contributed by atoms with Gasteiger partial charge in [-0.15, -0.1) is 0 Å². The fourth-order valence-corrected chi connectivity index (χ4v) is 0.0781. The molecule has 6 heteroatoms. The van der Waals surface area contributed by atoms with E-state index in [0.717, 1.165) is 0 Å². The van der Waals surface area contributed by atoms with Crippen molar-refractivity contribution in [2.75, 3.05) is 6.61 Å². The molecule has 2 radical (unpaired) electrons. The number of hydrogen-bond donors (Lipinski definition) is 3. The maximum atomic E-state index is 9.52. The molecule has 0 saturated carbocycles. The van der Waals surface area contributed by atoms with E-state index in [1.165, 1.54) is 0 Å². The zero-order valence-corrected chi connectivity index (χ0v) is 8.57. The third-order valence-electron chi connectivity index (χ3n) is 0.458. The number of carbonyl (C=O) groups is 1. The van der Waals surface area contributed by atoms with Gasteiger partial charge in [-0.1, -0.05) is 0 Å². The Kier molecular flexibility index (Phi) is 16.7. The molecule has 0 aromatic rings. The van der Waals surface area contributed by atoms with Crippen molar-refractivity contribution in [2.45, 2.75) is 6.10 Å². The molecule has 0 amide bonds. The predicted molar refractivity (Wildman–Crippen MR) is 37.6 cm³/mol. The summed E-state index contributed by atoms with van der Waals surface area (Å²) in [6.45, 7) is -0.727. The minimum absolute atomic E-state index is 0. The Morgan fingerprint density at radius 2 is 1.89 bits per heavy atom. The molecule has 9 heavy (non-hydrogen) atoms. The molecule has 0 rings (SSSR count). The number of hydrogen-bond acceptors (Lipinski definition) is 3. The summed E-state index contributed by atoms with van der Waals surface area (Å²) in [4.78, 5) is 9.52. The molecule has 4 nitrogen and oxygen atoms in total. The standard InChI is InChI=1S/C3H6O4.Ca.H3P/c4-1-2(5)3(6)7;;/h2,4-5H,1H2,(H,6,7);;1H3. The van der Waals surface area contributed by atoms with Crippen LogP contribution in [0.2, 0.25) is 0 Å². The third-order valence-corrected chi connectivity index (χ3v) is 0.458. The molecule has 3 N–H and O–H groups in total. The van der Waals surface area contributed by atoms with Crippen molar-refractivity contribution in [2.24, 2.45) is 0 Å². The number of rotatable bonds is 2. The first kappa shape index (κ1) is 16.6. The third kappa shape index (κ3) is 9.08. The fraction of sp³-hybridized carbons (Fsp3) is 0.667. The SMILES string of the molecule is O=C(O)C(O)CO.P.[Ca]. The van der Waals surface area contributed by atoms with Crippen molar-refractivity contribution in [1.82, 2.24) is 0 Å². The van der Waals surface area contributed by atoms with Crippen molar-refractivity contribution < 1.29 is 20.1 Å². The van der Waals surface area contributed by atoms with Gasteiger partial charge >= 0.3 is 5.97 Å². The Balaban J connectivity index is -0.000000180. The van der Waals surface area contributed by atoms with E-state index in [9.17, 15) is 4.79 Å². The molecule has 0 aliphatic rings. The van der Waals surface area contributed by atoms with Crippen molar-refractivity contribution in [3.8, 4) is 0 Å². The number of aliphatic carboxylic acids is 1. The van der Waals surface area contributed by atoms with Crippen LogP contribution in [0.3, 0.4) is 0 Å². The number of carboxylic acid groups (broad SMARTS) is 1. The maximum Gasteiger partial charge on any atom is 0.334 e. The van der Waals surface area contributed by atoms with E-state index < -0.39 is 18.7 Å². The van der Waals surface area contributed by atoms with Gasteiger partial charge in [0.25, 0.3) is 0 Å². The molecular formula is C3H9CaO4P. The molecule has 0 saturated heterocycles. The van der Waals surface area contributed by atoms with Crippen LogP contribution >= 0.6 is 9.90 Å². The minimum Gasteiger partial charge on any atom is -0.479 e. The van der Waals surface area contributed by atoms with Crippen molar-refractivity contribution in [3.05, 3.63) is 0 Å². The molecule has 0 aromatic heterocycles. The smallest absolute Gasteiger partial charge is 0.334 e. The van der Waals surface area contributed by atoms with Gasteiger partial charge in [0.1, 0.15) is 0 Å². The van der Waals surface area contributed by atoms with Crippen LogP contribution in [-0.2, 0) is 4.79 Å². The molecule has 0 spiro atoms. The molecule has 0 aliphatic carbocycles. The van der Waals surface area contributed by atoms with Gasteiger partial charge < -0.3 is 15.3 Å². The van der Waals surface area contributed by atoms with E-state index in [0.29, 0.717) is 0 Å². The Morgan fingerprint density at radius 1 is 1.56 bits per heavy atom. The summed E-state index contributed by atoms with van der Waals surface area (Å²) >= 11 is 0. The van der Waals surface area contributed by atoms with E-state index >= 15 is 0 Å². The zero-order chi connectivity index (χ0) is 5.86. The van der Waals surface area contributed by atoms with Crippen LogP contribution in [0.1, 0.15) is 0 Å². The van der Waals surface area contributed by atoms with E-state index in [1.807, 2.05) is 0 Å². The van der Waals surface area contributed by atoms with E-state index in [2.05, 4.69) is 0 Å². The first-order valence-electron chi connectivity index (χ1n) is 1.70. The van der Waals surface area contributed by atoms with Crippen LogP contribution in [0.5, 0.6) is 0 Å². The molecule has 0 heterocycles. The van der Waals surface area contributed by atoms with Gasteiger partial charge in [0, 0.05) is 37.7 Å². The Labute approximate surface area is 85.9 Å². The van der Waals surface area contributed by atoms with Crippen LogP contribution in [0.4, 0.5) is 0 Å². The average Bonchev–Trinajstić information content (AvgIpc) is 1.65. The topological polar surface area (TPSA) is 77.8 Å². The summed E-state index contributed by atoms with van der Waals surface area (Å²) in [5.41, 5.74) is 0. The summed E-state index contributed by atoms with van der Waals surface area (Å²) in [6, 6.07) is 0. The van der Waals surface area contributed by atoms with Gasteiger partial charge in [-0.25, -0.2) is 4.79 Å². The minimum atomic E-state index is -1.63. The van der Waals surface area contributed by atoms with Gasteiger partial charge in [-0.3, -0.25) is 0 Å². The summed E-state index contributed by atoms with van der Waals surface area (Å²) in [5, 5.41) is 23.7. The molecule has 2 unspecified atom stereocenters. The Morgan fingerprint density at radius 3 is 1.89 bits per heavy atom. The Bertz CT molecular complexity index is 78.2. The first-order valence-corrected chi connectivity index (χ1v) is 1.70. The van der Waals surface area contributed by atoms with E-state index in [1.54, 1.807) is 0 Å². The van der Waals surface area contributed by atoms with Gasteiger partial charge in [0.15, 0.2) is 6.10 Å². The molecule has 0 aromatic carbocycles. The van der Waals surface area contributed by atoms with Crippen molar-refractivity contribution in [3.63, 3.8) is 0 Å². The van der Waals surface area contributed by atoms with Gasteiger partial charge in [0.2, 0.25) is 0 Å². The number of aliphatic hydroxyl groups is 2. The zero-order valence-electron chi connectivity index (χ0n) is 4.95. The van der Waals surface area contributed by atoms with Crippen LogP contribution < -0.4 is 0 Å². The van der Waals surface area contributed by atoms with Gasteiger partial charge in [-0.05, 0) is 0 Å². The monoisotopic (exact) mass is 180 g/mol. The summed E-state index contributed by atoms with van der Waals surface area (Å²) in [5.74, 6) is -1.40. The number of aliphatic hydroxyl groups excluding tert-OH is 2. The quantitative estimate of drug-likeness (QED) is 0.342. The second kappa shape index (κ2) is 9.08.